The Morgan fingerprint density at radius 2 is 1.62 bits per heavy atom. The Bertz CT molecular complexity index is 897. The summed E-state index contributed by atoms with van der Waals surface area (Å²) in [5.41, 5.74) is 0.976. The topological polar surface area (TPSA) is 46.6 Å². The fourth-order valence-corrected chi connectivity index (χ4v) is 3.70. The van der Waals surface area contributed by atoms with Crippen molar-refractivity contribution in [2.24, 2.45) is 0 Å². The van der Waals surface area contributed by atoms with Crippen LogP contribution in [0.25, 0.3) is 0 Å². The zero-order valence-electron chi connectivity index (χ0n) is 17.1. The molecule has 0 heterocycles. The lowest BCUT2D eigenvalue weighted by Crippen LogP contribution is -2.39. The quantitative estimate of drug-likeness (QED) is 0.467. The second-order valence-electron chi connectivity index (χ2n) is 7.97. The first-order chi connectivity index (χ1) is 13.4. The summed E-state index contributed by atoms with van der Waals surface area (Å²) < 4.78 is 5.41. The smallest absolute Gasteiger partial charge is 0.326 e. The van der Waals surface area contributed by atoms with Gasteiger partial charge < -0.3 is 4.74 Å². The molecule has 156 valence electrons. The third-order valence-electron chi connectivity index (χ3n) is 4.02. The van der Waals surface area contributed by atoms with Gasteiger partial charge in [-0.15, -0.1) is 0 Å². The molecule has 2 rings (SSSR count). The molecule has 7 heteroatoms. The van der Waals surface area contributed by atoms with E-state index in [4.69, 9.17) is 39.5 Å². The van der Waals surface area contributed by atoms with Gasteiger partial charge in [0.1, 0.15) is 12.1 Å². The van der Waals surface area contributed by atoms with Crippen molar-refractivity contribution in [1.29, 1.82) is 0 Å². The summed E-state index contributed by atoms with van der Waals surface area (Å²) in [6.45, 7) is 9.11. The first kappa shape index (κ1) is 23.5. The van der Waals surface area contributed by atoms with Crippen molar-refractivity contribution in [3.8, 4) is 0 Å². The van der Waals surface area contributed by atoms with Crippen LogP contribution in [0.15, 0.2) is 36.4 Å². The number of esters is 1. The van der Waals surface area contributed by atoms with Crippen LogP contribution in [0.2, 0.25) is 15.1 Å². The number of nitrogens with zero attached hydrogens (tertiary/aromatic N) is 1. The number of benzene rings is 2. The predicted molar refractivity (Wildman–Crippen MR) is 120 cm³/mol. The highest BCUT2D eigenvalue weighted by atomic mass is 35.5. The fraction of sp³-hybridized carbons (Fsp3) is 0.364. The molecular weight excluding hydrogens is 433 g/mol. The lowest BCUT2D eigenvalue weighted by Gasteiger charge is -2.26. The van der Waals surface area contributed by atoms with Crippen LogP contribution < -0.4 is 4.90 Å². The first-order valence-corrected chi connectivity index (χ1v) is 10.3. The van der Waals surface area contributed by atoms with E-state index in [1.54, 1.807) is 26.8 Å². The van der Waals surface area contributed by atoms with Gasteiger partial charge >= 0.3 is 5.97 Å². The minimum absolute atomic E-state index is 0.0799. The number of rotatable bonds is 5. The third-order valence-corrected chi connectivity index (χ3v) is 4.84. The molecule has 0 N–H and O–H groups in total. The Hall–Kier alpha value is -1.75. The lowest BCUT2D eigenvalue weighted by atomic mass is 10.0. The molecule has 0 radical (unpaired) electrons. The largest absolute Gasteiger partial charge is 0.459 e. The number of ether oxygens (including phenoxy) is 1. The standard InChI is InChI=1S/C22H24Cl3NO3/c1-13(2)14-7-6-8-16(9-14)26(12-19(27)29-22(3,4)5)21(28)20-17(24)10-15(23)11-18(20)25/h6-11,13H,12H2,1-5H3. The van der Waals surface area contributed by atoms with Crippen molar-refractivity contribution in [3.05, 3.63) is 62.6 Å². The van der Waals surface area contributed by atoms with Crippen molar-refractivity contribution in [2.45, 2.75) is 46.1 Å². The van der Waals surface area contributed by atoms with E-state index in [-0.39, 0.29) is 28.1 Å². The highest BCUT2D eigenvalue weighted by Gasteiger charge is 2.27. The van der Waals surface area contributed by atoms with Crippen LogP contribution in [0, 0.1) is 0 Å². The van der Waals surface area contributed by atoms with Crippen molar-refractivity contribution >= 4 is 52.4 Å². The van der Waals surface area contributed by atoms with Gasteiger partial charge in [0, 0.05) is 10.7 Å². The maximum atomic E-state index is 13.4. The zero-order valence-corrected chi connectivity index (χ0v) is 19.3. The first-order valence-electron chi connectivity index (χ1n) is 9.17. The molecule has 0 spiro atoms. The molecular formula is C22H24Cl3NO3. The lowest BCUT2D eigenvalue weighted by molar-refractivity contribution is -0.152. The van der Waals surface area contributed by atoms with Crippen molar-refractivity contribution < 1.29 is 14.3 Å². The monoisotopic (exact) mass is 455 g/mol. The van der Waals surface area contributed by atoms with Crippen LogP contribution >= 0.6 is 34.8 Å². The van der Waals surface area contributed by atoms with Gasteiger partial charge in [-0.25, -0.2) is 0 Å². The summed E-state index contributed by atoms with van der Waals surface area (Å²) in [6.07, 6.45) is 0. The molecule has 0 aliphatic heterocycles. The van der Waals surface area contributed by atoms with E-state index in [1.165, 1.54) is 17.0 Å². The minimum atomic E-state index is -0.679. The average Bonchev–Trinajstić information content (AvgIpc) is 2.57. The van der Waals surface area contributed by atoms with Crippen LogP contribution in [-0.2, 0) is 9.53 Å². The van der Waals surface area contributed by atoms with E-state index in [0.29, 0.717) is 10.7 Å². The van der Waals surface area contributed by atoms with Gasteiger partial charge in [-0.2, -0.15) is 0 Å². The van der Waals surface area contributed by atoms with E-state index in [1.807, 2.05) is 32.0 Å². The Morgan fingerprint density at radius 1 is 1.03 bits per heavy atom. The predicted octanol–water partition coefficient (Wildman–Crippen LogP) is 6.76. The van der Waals surface area contributed by atoms with E-state index in [9.17, 15) is 9.59 Å². The van der Waals surface area contributed by atoms with Gasteiger partial charge in [-0.1, -0.05) is 60.8 Å². The highest BCUT2D eigenvalue weighted by molar-refractivity contribution is 6.42. The second-order valence-corrected chi connectivity index (χ2v) is 9.22. The van der Waals surface area contributed by atoms with Crippen LogP contribution in [0.5, 0.6) is 0 Å². The Kier molecular flexibility index (Phi) is 7.61. The van der Waals surface area contributed by atoms with Crippen LogP contribution in [0.1, 0.15) is 56.5 Å². The Labute approximate surface area is 186 Å². The molecule has 0 aliphatic rings. The highest BCUT2D eigenvalue weighted by Crippen LogP contribution is 2.32. The van der Waals surface area contributed by atoms with Gasteiger partial charge in [0.2, 0.25) is 0 Å². The van der Waals surface area contributed by atoms with E-state index in [2.05, 4.69) is 0 Å². The van der Waals surface area contributed by atoms with E-state index < -0.39 is 17.5 Å². The fourth-order valence-electron chi connectivity index (χ4n) is 2.72. The van der Waals surface area contributed by atoms with Gasteiger partial charge in [-0.05, 0) is 56.5 Å². The molecule has 0 atom stereocenters. The molecule has 1 amide bonds. The van der Waals surface area contributed by atoms with Gasteiger partial charge in [-0.3, -0.25) is 14.5 Å². The Morgan fingerprint density at radius 3 is 2.14 bits per heavy atom. The van der Waals surface area contributed by atoms with Crippen LogP contribution in [0.3, 0.4) is 0 Å². The van der Waals surface area contributed by atoms with Crippen LogP contribution in [0.4, 0.5) is 5.69 Å². The number of hydrogen-bond donors (Lipinski definition) is 0. The molecule has 0 aliphatic carbocycles. The number of carbonyl (C=O) groups is 2. The summed E-state index contributed by atoms with van der Waals surface area (Å²) in [7, 11) is 0. The summed E-state index contributed by atoms with van der Waals surface area (Å²) in [4.78, 5) is 27.2. The molecule has 29 heavy (non-hydrogen) atoms. The van der Waals surface area contributed by atoms with Crippen LogP contribution in [-0.4, -0.2) is 24.0 Å². The van der Waals surface area contributed by atoms with E-state index >= 15 is 0 Å². The molecule has 0 fully saturated rings. The maximum Gasteiger partial charge on any atom is 0.326 e. The third kappa shape index (κ3) is 6.36. The molecule has 0 saturated carbocycles. The van der Waals surface area contributed by atoms with Gasteiger partial charge in [0.25, 0.3) is 5.91 Å². The summed E-state index contributed by atoms with van der Waals surface area (Å²) >= 11 is 18.5. The number of anilines is 1. The summed E-state index contributed by atoms with van der Waals surface area (Å²) in [5.74, 6) is -0.804. The molecule has 2 aromatic rings. The van der Waals surface area contributed by atoms with Crippen molar-refractivity contribution in [1.82, 2.24) is 0 Å². The number of amides is 1. The zero-order chi connectivity index (χ0) is 21.9. The molecule has 0 saturated heterocycles. The molecule has 2 aromatic carbocycles. The van der Waals surface area contributed by atoms with Crippen molar-refractivity contribution in [2.75, 3.05) is 11.4 Å². The van der Waals surface area contributed by atoms with E-state index in [0.717, 1.165) is 5.56 Å². The summed E-state index contributed by atoms with van der Waals surface area (Å²) in [6, 6.07) is 10.3. The maximum absolute atomic E-state index is 13.4. The molecule has 0 bridgehead atoms. The minimum Gasteiger partial charge on any atom is -0.459 e. The number of halogens is 3. The molecule has 4 nitrogen and oxygen atoms in total. The Balaban J connectivity index is 2.51. The number of hydrogen-bond acceptors (Lipinski definition) is 3. The van der Waals surface area contributed by atoms with Crippen molar-refractivity contribution in [3.63, 3.8) is 0 Å². The molecule has 0 aromatic heterocycles. The summed E-state index contributed by atoms with van der Waals surface area (Å²) in [5, 5.41) is 0.542. The SMILES string of the molecule is CC(C)c1cccc(N(CC(=O)OC(C)(C)C)C(=O)c2c(Cl)cc(Cl)cc2Cl)c1. The average molecular weight is 457 g/mol. The van der Waals surface area contributed by atoms with Gasteiger partial charge in [0.15, 0.2) is 0 Å². The second kappa shape index (κ2) is 9.38. The normalized spacial score (nSPS) is 11.5. The van der Waals surface area contributed by atoms with Gasteiger partial charge in [0.05, 0.1) is 15.6 Å². The number of carbonyl (C=O) groups excluding carboxylic acids is 2. The molecule has 0 unspecified atom stereocenters.